The number of benzene rings is 2. The summed E-state index contributed by atoms with van der Waals surface area (Å²) in [4.78, 5) is 0. The molecule has 1 atom stereocenters. The van der Waals surface area contributed by atoms with Gasteiger partial charge in [-0.25, -0.2) is 0 Å². The monoisotopic (exact) mass is 285 g/mol. The van der Waals surface area contributed by atoms with E-state index in [9.17, 15) is 5.11 Å². The Morgan fingerprint density at radius 3 is 2.29 bits per heavy atom. The summed E-state index contributed by atoms with van der Waals surface area (Å²) in [7, 11) is 0. The van der Waals surface area contributed by atoms with Crippen molar-refractivity contribution in [3.05, 3.63) is 59.2 Å². The SMILES string of the molecule is Cc1ccc(C(C)C)cc1OCC(O)c1ccc(N)cc1. The van der Waals surface area contributed by atoms with E-state index in [2.05, 4.69) is 32.0 Å². The molecule has 0 aromatic heterocycles. The van der Waals surface area contributed by atoms with E-state index in [0.717, 1.165) is 16.9 Å². The van der Waals surface area contributed by atoms with Crippen molar-refractivity contribution in [2.75, 3.05) is 12.3 Å². The highest BCUT2D eigenvalue weighted by molar-refractivity contribution is 5.40. The first-order chi connectivity index (χ1) is 9.97. The third kappa shape index (κ3) is 3.99. The number of aliphatic hydroxyl groups excluding tert-OH is 1. The molecule has 0 spiro atoms. The number of hydrogen-bond donors (Lipinski definition) is 2. The van der Waals surface area contributed by atoms with Gasteiger partial charge in [0.05, 0.1) is 0 Å². The minimum absolute atomic E-state index is 0.228. The molecule has 2 aromatic carbocycles. The van der Waals surface area contributed by atoms with E-state index in [4.69, 9.17) is 10.5 Å². The van der Waals surface area contributed by atoms with Crippen LogP contribution in [0.2, 0.25) is 0 Å². The first-order valence-electron chi connectivity index (χ1n) is 7.24. The van der Waals surface area contributed by atoms with Crippen LogP contribution in [-0.4, -0.2) is 11.7 Å². The Labute approximate surface area is 126 Å². The van der Waals surface area contributed by atoms with Crippen molar-refractivity contribution < 1.29 is 9.84 Å². The predicted molar refractivity (Wildman–Crippen MR) is 86.6 cm³/mol. The minimum atomic E-state index is -0.660. The topological polar surface area (TPSA) is 55.5 Å². The summed E-state index contributed by atoms with van der Waals surface area (Å²) in [5.74, 6) is 1.28. The zero-order valence-corrected chi connectivity index (χ0v) is 12.8. The second-order valence-electron chi connectivity index (χ2n) is 5.67. The molecule has 2 rings (SSSR count). The number of ether oxygens (including phenoxy) is 1. The van der Waals surface area contributed by atoms with E-state index in [1.54, 1.807) is 12.1 Å². The zero-order valence-electron chi connectivity index (χ0n) is 12.8. The Hall–Kier alpha value is -2.00. The average molecular weight is 285 g/mol. The van der Waals surface area contributed by atoms with Crippen LogP contribution in [0, 0.1) is 6.92 Å². The van der Waals surface area contributed by atoms with E-state index in [1.165, 1.54) is 5.56 Å². The van der Waals surface area contributed by atoms with Crippen LogP contribution in [-0.2, 0) is 0 Å². The number of nitrogen functional groups attached to an aromatic ring is 1. The highest BCUT2D eigenvalue weighted by atomic mass is 16.5. The average Bonchev–Trinajstić information content (AvgIpc) is 2.46. The molecule has 0 heterocycles. The highest BCUT2D eigenvalue weighted by Gasteiger charge is 2.10. The molecule has 0 saturated heterocycles. The fourth-order valence-corrected chi connectivity index (χ4v) is 2.11. The molecule has 3 nitrogen and oxygen atoms in total. The number of aryl methyl sites for hydroxylation is 1. The van der Waals surface area contributed by atoms with Crippen molar-refractivity contribution >= 4 is 5.69 Å². The molecule has 0 amide bonds. The summed E-state index contributed by atoms with van der Waals surface area (Å²) >= 11 is 0. The quantitative estimate of drug-likeness (QED) is 0.821. The standard InChI is InChI=1S/C18H23NO2/c1-12(2)15-5-4-13(3)18(10-15)21-11-17(20)14-6-8-16(19)9-7-14/h4-10,12,17,20H,11,19H2,1-3H3. The van der Waals surface area contributed by atoms with E-state index in [0.29, 0.717) is 11.6 Å². The third-order valence-electron chi connectivity index (χ3n) is 3.60. The maximum absolute atomic E-state index is 10.2. The predicted octanol–water partition coefficient (Wildman–Crippen LogP) is 3.81. The van der Waals surface area contributed by atoms with Gasteiger partial charge in [-0.2, -0.15) is 0 Å². The van der Waals surface area contributed by atoms with Gasteiger partial charge >= 0.3 is 0 Å². The fourth-order valence-electron chi connectivity index (χ4n) is 2.11. The molecule has 0 fully saturated rings. The van der Waals surface area contributed by atoms with Crippen molar-refractivity contribution in [2.45, 2.75) is 32.8 Å². The van der Waals surface area contributed by atoms with Crippen LogP contribution >= 0.6 is 0 Å². The van der Waals surface area contributed by atoms with Gasteiger partial charge in [-0.15, -0.1) is 0 Å². The highest BCUT2D eigenvalue weighted by Crippen LogP contribution is 2.25. The fraction of sp³-hybridized carbons (Fsp3) is 0.333. The lowest BCUT2D eigenvalue weighted by atomic mass is 10.0. The lowest BCUT2D eigenvalue weighted by molar-refractivity contribution is 0.108. The zero-order chi connectivity index (χ0) is 15.4. The Morgan fingerprint density at radius 1 is 1.05 bits per heavy atom. The third-order valence-corrected chi connectivity index (χ3v) is 3.60. The maximum atomic E-state index is 10.2. The van der Waals surface area contributed by atoms with Crippen LogP contribution in [0.4, 0.5) is 5.69 Å². The van der Waals surface area contributed by atoms with Crippen LogP contribution in [0.25, 0.3) is 0 Å². The van der Waals surface area contributed by atoms with Gasteiger partial charge in [-0.1, -0.05) is 38.1 Å². The van der Waals surface area contributed by atoms with E-state index < -0.39 is 6.10 Å². The van der Waals surface area contributed by atoms with Gasteiger partial charge in [0.2, 0.25) is 0 Å². The number of nitrogens with two attached hydrogens (primary N) is 1. The molecule has 3 N–H and O–H groups in total. The van der Waals surface area contributed by atoms with Gasteiger partial charge in [0.25, 0.3) is 0 Å². The molecule has 0 aliphatic rings. The van der Waals surface area contributed by atoms with Crippen molar-refractivity contribution in [2.24, 2.45) is 0 Å². The molecule has 0 bridgehead atoms. The second kappa shape index (κ2) is 6.64. The van der Waals surface area contributed by atoms with Crippen LogP contribution in [0.1, 0.15) is 42.6 Å². The number of rotatable bonds is 5. The Bertz CT molecular complexity index is 591. The lowest BCUT2D eigenvalue weighted by Crippen LogP contribution is -2.10. The molecule has 21 heavy (non-hydrogen) atoms. The van der Waals surface area contributed by atoms with Crippen LogP contribution in [0.3, 0.4) is 0 Å². The maximum Gasteiger partial charge on any atom is 0.122 e. The van der Waals surface area contributed by atoms with Crippen LogP contribution in [0.5, 0.6) is 5.75 Å². The Balaban J connectivity index is 2.05. The molecule has 3 heteroatoms. The van der Waals surface area contributed by atoms with E-state index in [-0.39, 0.29) is 6.61 Å². The Morgan fingerprint density at radius 2 is 1.67 bits per heavy atom. The molecule has 0 radical (unpaired) electrons. The number of anilines is 1. The largest absolute Gasteiger partial charge is 0.490 e. The van der Waals surface area contributed by atoms with Crippen molar-refractivity contribution in [3.8, 4) is 5.75 Å². The van der Waals surface area contributed by atoms with Crippen molar-refractivity contribution in [1.82, 2.24) is 0 Å². The van der Waals surface area contributed by atoms with E-state index in [1.807, 2.05) is 19.1 Å². The summed E-state index contributed by atoms with van der Waals surface area (Å²) in [6.07, 6.45) is -0.660. The molecule has 1 unspecified atom stereocenters. The van der Waals surface area contributed by atoms with Crippen LogP contribution in [0.15, 0.2) is 42.5 Å². The smallest absolute Gasteiger partial charge is 0.122 e. The van der Waals surface area contributed by atoms with Crippen molar-refractivity contribution in [3.63, 3.8) is 0 Å². The first-order valence-corrected chi connectivity index (χ1v) is 7.24. The summed E-state index contributed by atoms with van der Waals surface area (Å²) < 4.78 is 5.79. The summed E-state index contributed by atoms with van der Waals surface area (Å²) in [6.45, 7) is 6.54. The van der Waals surface area contributed by atoms with Crippen molar-refractivity contribution in [1.29, 1.82) is 0 Å². The minimum Gasteiger partial charge on any atom is -0.490 e. The molecule has 0 aliphatic carbocycles. The van der Waals surface area contributed by atoms with Gasteiger partial charge in [0, 0.05) is 5.69 Å². The normalized spacial score (nSPS) is 12.4. The molecule has 0 saturated carbocycles. The Kier molecular flexibility index (Phi) is 4.86. The molecule has 2 aromatic rings. The molecule has 0 aliphatic heterocycles. The second-order valence-corrected chi connectivity index (χ2v) is 5.67. The number of aliphatic hydroxyl groups is 1. The summed E-state index contributed by atoms with van der Waals surface area (Å²) in [6, 6.07) is 13.4. The molecular formula is C18H23NO2. The summed E-state index contributed by atoms with van der Waals surface area (Å²) in [5.41, 5.74) is 9.45. The summed E-state index contributed by atoms with van der Waals surface area (Å²) in [5, 5.41) is 10.2. The van der Waals surface area contributed by atoms with Gasteiger partial charge < -0.3 is 15.6 Å². The lowest BCUT2D eigenvalue weighted by Gasteiger charge is -2.16. The first kappa shape index (κ1) is 15.4. The van der Waals surface area contributed by atoms with Gasteiger partial charge in [-0.3, -0.25) is 0 Å². The van der Waals surface area contributed by atoms with E-state index >= 15 is 0 Å². The molecular weight excluding hydrogens is 262 g/mol. The van der Waals surface area contributed by atoms with Gasteiger partial charge in [0.1, 0.15) is 18.5 Å². The van der Waals surface area contributed by atoms with Crippen LogP contribution < -0.4 is 10.5 Å². The van der Waals surface area contributed by atoms with Gasteiger partial charge in [-0.05, 0) is 47.7 Å². The molecule has 112 valence electrons. The number of hydrogen-bond acceptors (Lipinski definition) is 3. The van der Waals surface area contributed by atoms with Gasteiger partial charge in [0.15, 0.2) is 0 Å².